The summed E-state index contributed by atoms with van der Waals surface area (Å²) in [6, 6.07) is 0. The molecule has 2 nitrogen and oxygen atoms in total. The lowest BCUT2D eigenvalue weighted by Crippen LogP contribution is -2.20. The van der Waals surface area contributed by atoms with Gasteiger partial charge in [0.05, 0.1) is 4.47 Å². The van der Waals surface area contributed by atoms with Crippen LogP contribution in [0.5, 0.6) is 0 Å². The molecule has 0 aromatic carbocycles. The highest BCUT2D eigenvalue weighted by molar-refractivity contribution is 9.10. The maximum atomic E-state index is 5.31. The Labute approximate surface area is 110 Å². The number of H-pyrrole nitrogens is 1. The predicted octanol–water partition coefficient (Wildman–Crippen LogP) is 4.47. The highest BCUT2D eigenvalue weighted by atomic mass is 79.9. The number of nitrogens with one attached hydrogen (secondary N) is 1. The molecule has 1 aliphatic rings. The Hall–Kier alpha value is -0.220. The third kappa shape index (κ3) is 2.23. The van der Waals surface area contributed by atoms with Gasteiger partial charge in [0.1, 0.15) is 10.5 Å². The number of halogens is 1. The van der Waals surface area contributed by atoms with Gasteiger partial charge in [-0.3, -0.25) is 0 Å². The van der Waals surface area contributed by atoms with Gasteiger partial charge in [0.15, 0.2) is 0 Å². The molecule has 1 aromatic heterocycles. The monoisotopic (exact) mass is 300 g/mol. The quantitative estimate of drug-likeness (QED) is 0.775. The number of hydrogen-bond acceptors (Lipinski definition) is 2. The minimum absolute atomic E-state index is 0.0633. The third-order valence-electron chi connectivity index (χ3n) is 3.12. The molecule has 1 saturated carbocycles. The zero-order chi connectivity index (χ0) is 11.9. The van der Waals surface area contributed by atoms with Crippen LogP contribution in [0, 0.1) is 4.64 Å². The molecule has 0 saturated heterocycles. The Kier molecular flexibility index (Phi) is 3.23. The van der Waals surface area contributed by atoms with Crippen LogP contribution in [0.15, 0.2) is 4.47 Å². The van der Waals surface area contributed by atoms with Crippen LogP contribution in [0.2, 0.25) is 0 Å². The van der Waals surface area contributed by atoms with Crippen molar-refractivity contribution in [3.63, 3.8) is 0 Å². The molecule has 0 amide bonds. The normalized spacial score (nSPS) is 17.2. The molecular weight excluding hydrogens is 284 g/mol. The van der Waals surface area contributed by atoms with E-state index in [1.807, 2.05) is 0 Å². The highest BCUT2D eigenvalue weighted by Gasteiger charge is 2.25. The van der Waals surface area contributed by atoms with Crippen LogP contribution in [0.1, 0.15) is 57.5 Å². The molecule has 1 aromatic rings. The summed E-state index contributed by atoms with van der Waals surface area (Å²) in [4.78, 5) is 7.95. The summed E-state index contributed by atoms with van der Waals surface area (Å²) in [5.74, 6) is 1.67. The van der Waals surface area contributed by atoms with Crippen LogP contribution in [0.3, 0.4) is 0 Å². The van der Waals surface area contributed by atoms with Crippen molar-refractivity contribution in [1.82, 2.24) is 9.97 Å². The van der Waals surface area contributed by atoms with E-state index in [9.17, 15) is 0 Å². The first-order chi connectivity index (χ1) is 7.39. The average Bonchev–Trinajstić information content (AvgIpc) is 2.05. The lowest BCUT2D eigenvalue weighted by molar-refractivity contribution is 0.396. The van der Waals surface area contributed by atoms with E-state index in [1.165, 1.54) is 19.3 Å². The van der Waals surface area contributed by atoms with Crippen molar-refractivity contribution in [2.24, 2.45) is 0 Å². The van der Waals surface area contributed by atoms with Gasteiger partial charge in [-0.15, -0.1) is 0 Å². The number of aromatic amines is 1. The van der Waals surface area contributed by atoms with E-state index in [1.54, 1.807) is 0 Å². The largest absolute Gasteiger partial charge is 0.345 e. The molecule has 88 valence electrons. The van der Waals surface area contributed by atoms with E-state index in [0.717, 1.165) is 16.0 Å². The molecule has 1 heterocycles. The summed E-state index contributed by atoms with van der Waals surface area (Å²) < 4.78 is 1.63. The molecule has 16 heavy (non-hydrogen) atoms. The molecule has 2 rings (SSSR count). The van der Waals surface area contributed by atoms with Gasteiger partial charge in [0, 0.05) is 17.0 Å². The second-order valence-corrected chi connectivity index (χ2v) is 6.67. The Bertz CT molecular complexity index is 455. The van der Waals surface area contributed by atoms with Crippen molar-refractivity contribution in [3.8, 4) is 0 Å². The fourth-order valence-electron chi connectivity index (χ4n) is 1.87. The van der Waals surface area contributed by atoms with Gasteiger partial charge in [0.2, 0.25) is 0 Å². The molecule has 1 aliphatic carbocycles. The van der Waals surface area contributed by atoms with E-state index < -0.39 is 0 Å². The molecule has 0 radical (unpaired) electrons. The van der Waals surface area contributed by atoms with Crippen LogP contribution in [0.25, 0.3) is 0 Å². The van der Waals surface area contributed by atoms with Gasteiger partial charge in [-0.25, -0.2) is 4.98 Å². The standard InChI is InChI=1S/C12H17BrN2S/c1-12(2,3)9-8(13)11(16)15-10(14-9)7-5-4-6-7/h7H,4-6H2,1-3H3,(H,14,15,16). The molecule has 0 atom stereocenters. The van der Waals surface area contributed by atoms with E-state index >= 15 is 0 Å². The van der Waals surface area contributed by atoms with Gasteiger partial charge < -0.3 is 4.98 Å². The minimum Gasteiger partial charge on any atom is -0.345 e. The van der Waals surface area contributed by atoms with Crippen LogP contribution in [-0.2, 0) is 5.41 Å². The van der Waals surface area contributed by atoms with Crippen molar-refractivity contribution in [3.05, 3.63) is 20.6 Å². The highest BCUT2D eigenvalue weighted by Crippen LogP contribution is 2.36. The first kappa shape index (κ1) is 12.2. The zero-order valence-corrected chi connectivity index (χ0v) is 12.3. The van der Waals surface area contributed by atoms with Crippen LogP contribution < -0.4 is 0 Å². The zero-order valence-electron chi connectivity index (χ0n) is 9.93. The van der Waals surface area contributed by atoms with Crippen molar-refractivity contribution in [2.45, 2.75) is 51.4 Å². The Morgan fingerprint density at radius 2 is 2.00 bits per heavy atom. The second kappa shape index (κ2) is 4.22. The third-order valence-corrected chi connectivity index (χ3v) is 4.45. The first-order valence-corrected chi connectivity index (χ1v) is 6.90. The van der Waals surface area contributed by atoms with E-state index in [4.69, 9.17) is 12.2 Å². The maximum Gasteiger partial charge on any atom is 0.144 e. The van der Waals surface area contributed by atoms with E-state index in [-0.39, 0.29) is 5.41 Å². The molecule has 0 unspecified atom stereocenters. The average molecular weight is 301 g/mol. The van der Waals surface area contributed by atoms with Gasteiger partial charge >= 0.3 is 0 Å². The van der Waals surface area contributed by atoms with Crippen molar-refractivity contribution >= 4 is 28.1 Å². The fraction of sp³-hybridized carbons (Fsp3) is 0.667. The summed E-state index contributed by atoms with van der Waals surface area (Å²) in [6.07, 6.45) is 3.79. The Morgan fingerprint density at radius 3 is 2.44 bits per heavy atom. The van der Waals surface area contributed by atoms with Gasteiger partial charge in [-0.1, -0.05) is 39.4 Å². The fourth-order valence-corrected chi connectivity index (χ4v) is 2.85. The number of nitrogens with zero attached hydrogens (tertiary/aromatic N) is 1. The number of rotatable bonds is 1. The predicted molar refractivity (Wildman–Crippen MR) is 72.4 cm³/mol. The first-order valence-electron chi connectivity index (χ1n) is 5.70. The minimum atomic E-state index is 0.0633. The molecular formula is C12H17BrN2S. The molecule has 1 N–H and O–H groups in total. The summed E-state index contributed by atoms with van der Waals surface area (Å²) in [5, 5.41) is 0. The lowest BCUT2D eigenvalue weighted by atomic mass is 9.84. The van der Waals surface area contributed by atoms with E-state index in [2.05, 4.69) is 46.7 Å². The maximum absolute atomic E-state index is 5.31. The van der Waals surface area contributed by atoms with Gasteiger partial charge in [-0.05, 0) is 28.8 Å². The van der Waals surface area contributed by atoms with Crippen LogP contribution in [-0.4, -0.2) is 9.97 Å². The van der Waals surface area contributed by atoms with Crippen LogP contribution in [0.4, 0.5) is 0 Å². The Balaban J connectivity index is 2.51. The summed E-state index contributed by atoms with van der Waals surface area (Å²) in [5.41, 5.74) is 1.22. The van der Waals surface area contributed by atoms with Gasteiger partial charge in [-0.2, -0.15) is 0 Å². The summed E-state index contributed by atoms with van der Waals surface area (Å²) >= 11 is 8.85. The topological polar surface area (TPSA) is 28.7 Å². The smallest absolute Gasteiger partial charge is 0.144 e. The summed E-state index contributed by atoms with van der Waals surface area (Å²) in [6.45, 7) is 6.55. The molecule has 0 aliphatic heterocycles. The molecule has 0 bridgehead atoms. The molecule has 0 spiro atoms. The second-order valence-electron chi connectivity index (χ2n) is 5.49. The SMILES string of the molecule is CC(C)(C)c1[nH]c(C2CCC2)nc(=S)c1Br. The van der Waals surface area contributed by atoms with Crippen molar-refractivity contribution < 1.29 is 0 Å². The van der Waals surface area contributed by atoms with Crippen LogP contribution >= 0.6 is 28.1 Å². The summed E-state index contributed by atoms with van der Waals surface area (Å²) in [7, 11) is 0. The Morgan fingerprint density at radius 1 is 1.38 bits per heavy atom. The molecule has 1 fully saturated rings. The van der Waals surface area contributed by atoms with Gasteiger partial charge in [0.25, 0.3) is 0 Å². The van der Waals surface area contributed by atoms with E-state index in [0.29, 0.717) is 10.6 Å². The number of hydrogen-bond donors (Lipinski definition) is 1. The van der Waals surface area contributed by atoms with Crippen molar-refractivity contribution in [2.75, 3.05) is 0 Å². The van der Waals surface area contributed by atoms with Crippen molar-refractivity contribution in [1.29, 1.82) is 0 Å². The number of aromatic nitrogens is 2. The lowest BCUT2D eigenvalue weighted by Gasteiger charge is -2.27. The molecule has 4 heteroatoms.